The number of carbonyl (C=O) groups is 1. The van der Waals surface area contributed by atoms with Crippen LogP contribution in [-0.2, 0) is 11.3 Å². The average Bonchev–Trinajstić information content (AvgIpc) is 3.28. The molecule has 186 valence electrons. The molecule has 0 amide bonds. The summed E-state index contributed by atoms with van der Waals surface area (Å²) in [6.07, 6.45) is 6.63. The van der Waals surface area contributed by atoms with E-state index < -0.39 is 6.17 Å². The monoisotopic (exact) mass is 459 g/mol. The second-order valence-corrected chi connectivity index (χ2v) is 8.59. The van der Waals surface area contributed by atoms with Crippen molar-refractivity contribution in [1.29, 1.82) is 0 Å². The maximum absolute atomic E-state index is 13.1. The minimum absolute atomic E-state index is 0.0346. The molecule has 1 unspecified atom stereocenters. The molecule has 1 aromatic carbocycles. The number of rotatable bonds is 13. The van der Waals surface area contributed by atoms with E-state index in [4.69, 9.17) is 0 Å². The fourth-order valence-electron chi connectivity index (χ4n) is 4.06. The molecule has 0 spiro atoms. The number of allylic oxidation sites excluding steroid dienone is 2. The van der Waals surface area contributed by atoms with Crippen LogP contribution in [-0.4, -0.2) is 79.0 Å². The third-order valence-electron chi connectivity index (χ3n) is 5.99. The summed E-state index contributed by atoms with van der Waals surface area (Å²) in [5.74, 6) is 0.327. The lowest BCUT2D eigenvalue weighted by molar-refractivity contribution is -0.124. The number of nitrogens with zero attached hydrogens (tertiary/aromatic N) is 3. The Bertz CT molecular complexity index is 717. The van der Waals surface area contributed by atoms with Crippen molar-refractivity contribution < 1.29 is 9.18 Å². The third-order valence-corrected chi connectivity index (χ3v) is 5.99. The molecule has 0 bridgehead atoms. The van der Waals surface area contributed by atoms with E-state index >= 15 is 0 Å². The van der Waals surface area contributed by atoms with E-state index in [1.807, 2.05) is 46.0 Å². The van der Waals surface area contributed by atoms with Crippen molar-refractivity contribution in [3.63, 3.8) is 0 Å². The van der Waals surface area contributed by atoms with Crippen LogP contribution in [0.4, 0.5) is 4.39 Å². The number of likely N-dealkylation sites (tertiary alicyclic amines) is 1. The lowest BCUT2D eigenvalue weighted by Crippen LogP contribution is -2.43. The Hall–Kier alpha value is -1.82. The van der Waals surface area contributed by atoms with Gasteiger partial charge in [-0.3, -0.25) is 19.5 Å². The first-order valence-corrected chi connectivity index (χ1v) is 12.6. The minimum Gasteiger partial charge on any atom is -0.298 e. The highest BCUT2D eigenvalue weighted by Gasteiger charge is 2.30. The summed E-state index contributed by atoms with van der Waals surface area (Å²) in [6, 6.07) is 10.4. The van der Waals surface area contributed by atoms with Crippen molar-refractivity contribution in [2.45, 2.75) is 66.2 Å². The largest absolute Gasteiger partial charge is 0.298 e. The van der Waals surface area contributed by atoms with E-state index in [0.29, 0.717) is 12.3 Å². The number of halogens is 1. The van der Waals surface area contributed by atoms with Gasteiger partial charge in [-0.05, 0) is 58.0 Å². The van der Waals surface area contributed by atoms with Gasteiger partial charge >= 0.3 is 0 Å². The zero-order valence-corrected chi connectivity index (χ0v) is 21.8. The third kappa shape index (κ3) is 11.2. The molecule has 0 aromatic heterocycles. The van der Waals surface area contributed by atoms with Gasteiger partial charge in [0, 0.05) is 26.2 Å². The zero-order valence-electron chi connectivity index (χ0n) is 21.8. The van der Waals surface area contributed by atoms with Crippen LogP contribution in [0.2, 0.25) is 0 Å². The summed E-state index contributed by atoms with van der Waals surface area (Å²) < 4.78 is 13.1. The average molecular weight is 460 g/mol. The van der Waals surface area contributed by atoms with E-state index in [0.717, 1.165) is 57.7 Å². The molecule has 0 radical (unpaired) electrons. The molecule has 33 heavy (non-hydrogen) atoms. The van der Waals surface area contributed by atoms with Crippen LogP contribution < -0.4 is 0 Å². The fraction of sp³-hybridized carbons (Fsp3) is 0.607. The summed E-state index contributed by atoms with van der Waals surface area (Å²) in [5, 5.41) is 0. The lowest BCUT2D eigenvalue weighted by Gasteiger charge is -2.27. The second-order valence-electron chi connectivity index (χ2n) is 8.59. The predicted octanol–water partition coefficient (Wildman–Crippen LogP) is 5.36. The highest BCUT2D eigenvalue weighted by atomic mass is 19.1. The normalized spacial score (nSPS) is 18.1. The molecule has 4 nitrogen and oxygen atoms in total. The number of Topliss-reactive ketones (excluding diaryl/α,β-unsaturated/α-hetero) is 1. The van der Waals surface area contributed by atoms with Crippen molar-refractivity contribution in [2.75, 3.05) is 46.3 Å². The van der Waals surface area contributed by atoms with Gasteiger partial charge in [0.2, 0.25) is 0 Å². The van der Waals surface area contributed by atoms with Gasteiger partial charge in [-0.15, -0.1) is 0 Å². The Labute approximate surface area is 202 Å². The van der Waals surface area contributed by atoms with Gasteiger partial charge < -0.3 is 0 Å². The van der Waals surface area contributed by atoms with Gasteiger partial charge in [0.05, 0.1) is 12.6 Å². The van der Waals surface area contributed by atoms with Gasteiger partial charge in [-0.1, -0.05) is 69.3 Å². The summed E-state index contributed by atoms with van der Waals surface area (Å²) in [4.78, 5) is 19.8. The van der Waals surface area contributed by atoms with Crippen molar-refractivity contribution in [1.82, 2.24) is 14.7 Å². The number of carbonyl (C=O) groups excluding carboxylic acids is 1. The van der Waals surface area contributed by atoms with Crippen LogP contribution in [0.25, 0.3) is 0 Å². The highest BCUT2D eigenvalue weighted by molar-refractivity contribution is 5.86. The van der Waals surface area contributed by atoms with Crippen LogP contribution in [0.1, 0.15) is 53.0 Å². The van der Waals surface area contributed by atoms with Crippen LogP contribution in [0, 0.1) is 0 Å². The van der Waals surface area contributed by atoms with E-state index in [1.54, 1.807) is 13.0 Å². The first-order chi connectivity index (χ1) is 15.9. The maximum Gasteiger partial charge on any atom is 0.163 e. The maximum atomic E-state index is 13.1. The van der Waals surface area contributed by atoms with Gasteiger partial charge in [0.1, 0.15) is 6.17 Å². The molecular formula is C28H46FN3O. The molecule has 2 atom stereocenters. The van der Waals surface area contributed by atoms with E-state index in [-0.39, 0.29) is 6.04 Å². The van der Waals surface area contributed by atoms with Crippen molar-refractivity contribution in [2.24, 2.45) is 0 Å². The standard InChI is InChI=1S/C26H40FN3O.C2H6/c1-5-23(15-14-22(3)27)19-29(6-2)18-17-28(4)21-26(31)25-13-10-16-30(25)20-24-11-8-7-9-12-24;1-2/h5,7-9,11-12,14-15,22,25H,6,10,13,16-21H2,1-4H3;1-2H3/b15-14-,23-5+;/t22?,25-;/m0./s1. The number of alkyl halides is 1. The predicted molar refractivity (Wildman–Crippen MR) is 139 cm³/mol. The van der Waals surface area contributed by atoms with Crippen LogP contribution in [0.15, 0.2) is 54.1 Å². The fourth-order valence-corrected chi connectivity index (χ4v) is 4.06. The van der Waals surface area contributed by atoms with Gasteiger partial charge in [-0.25, -0.2) is 4.39 Å². The number of hydrogen-bond acceptors (Lipinski definition) is 4. The first kappa shape index (κ1) is 29.2. The van der Waals surface area contributed by atoms with E-state index in [2.05, 4.69) is 45.9 Å². The smallest absolute Gasteiger partial charge is 0.163 e. The van der Waals surface area contributed by atoms with Crippen molar-refractivity contribution in [3.8, 4) is 0 Å². The zero-order chi connectivity index (χ0) is 24.6. The molecule has 0 saturated carbocycles. The van der Waals surface area contributed by atoms with Gasteiger partial charge in [-0.2, -0.15) is 0 Å². The van der Waals surface area contributed by atoms with Crippen molar-refractivity contribution in [3.05, 3.63) is 59.7 Å². The quantitative estimate of drug-likeness (QED) is 0.371. The Balaban J connectivity index is 0.00000265. The van der Waals surface area contributed by atoms with Gasteiger partial charge in [0.15, 0.2) is 5.78 Å². The number of likely N-dealkylation sites (N-methyl/N-ethyl adjacent to an activating group) is 2. The Morgan fingerprint density at radius 3 is 2.52 bits per heavy atom. The number of hydrogen-bond donors (Lipinski definition) is 0. The molecule has 0 aliphatic carbocycles. The second kappa shape index (κ2) is 16.7. The summed E-state index contributed by atoms with van der Waals surface area (Å²) >= 11 is 0. The van der Waals surface area contributed by atoms with Crippen LogP contribution in [0.5, 0.6) is 0 Å². The molecule has 0 N–H and O–H groups in total. The molecular weight excluding hydrogens is 413 g/mol. The molecule has 1 aliphatic rings. The van der Waals surface area contributed by atoms with Crippen LogP contribution >= 0.6 is 0 Å². The van der Waals surface area contributed by atoms with E-state index in [9.17, 15) is 9.18 Å². The highest BCUT2D eigenvalue weighted by Crippen LogP contribution is 2.21. The summed E-state index contributed by atoms with van der Waals surface area (Å²) in [5.41, 5.74) is 2.39. The van der Waals surface area contributed by atoms with Gasteiger partial charge in [0.25, 0.3) is 0 Å². The topological polar surface area (TPSA) is 26.8 Å². The first-order valence-electron chi connectivity index (χ1n) is 12.6. The summed E-state index contributed by atoms with van der Waals surface area (Å²) in [7, 11) is 2.03. The molecule has 1 aromatic rings. The van der Waals surface area contributed by atoms with Crippen LogP contribution in [0.3, 0.4) is 0 Å². The lowest BCUT2D eigenvalue weighted by atomic mass is 10.1. The number of ketones is 1. The molecule has 5 heteroatoms. The van der Waals surface area contributed by atoms with Crippen molar-refractivity contribution >= 4 is 5.78 Å². The summed E-state index contributed by atoms with van der Waals surface area (Å²) in [6.45, 7) is 15.4. The molecule has 1 saturated heterocycles. The molecule has 1 aliphatic heterocycles. The number of benzene rings is 1. The SMILES string of the molecule is C/C=C(\C=C/C(C)F)CN(CC)CCN(C)CC(=O)[C@@H]1CCCN1Cc1ccccc1.CC. The molecule has 1 fully saturated rings. The molecule has 1 heterocycles. The Morgan fingerprint density at radius 1 is 1.21 bits per heavy atom. The minimum atomic E-state index is -0.931. The van der Waals surface area contributed by atoms with E-state index in [1.165, 1.54) is 5.56 Å². The molecule has 2 rings (SSSR count). The Kier molecular flexibility index (Phi) is 14.8. The Morgan fingerprint density at radius 2 is 1.91 bits per heavy atom.